The Hall–Kier alpha value is -2.57. The highest BCUT2D eigenvalue weighted by Gasteiger charge is 2.02. The first-order valence-electron chi connectivity index (χ1n) is 8.86. The molecule has 0 radical (unpaired) electrons. The Kier molecular flexibility index (Phi) is 15.3. The van der Waals surface area contributed by atoms with E-state index in [0.717, 1.165) is 6.42 Å². The SMILES string of the molecule is CC/C=C\C[C@H](O)/C=C/C#CC[C@@H](O)/C=C/C=C/C#C[C@@H](O)CCC(=O)O. The smallest absolute Gasteiger partial charge is 0.303 e. The van der Waals surface area contributed by atoms with Crippen molar-refractivity contribution in [2.45, 2.75) is 57.3 Å². The number of aliphatic hydroxyl groups excluding tert-OH is 3. The number of hydrogen-bond acceptors (Lipinski definition) is 4. The van der Waals surface area contributed by atoms with E-state index < -0.39 is 24.3 Å². The Balaban J connectivity index is 4.10. The molecule has 27 heavy (non-hydrogen) atoms. The van der Waals surface area contributed by atoms with Gasteiger partial charge in [-0.3, -0.25) is 4.79 Å². The summed E-state index contributed by atoms with van der Waals surface area (Å²) < 4.78 is 0. The van der Waals surface area contributed by atoms with Crippen molar-refractivity contribution in [2.24, 2.45) is 0 Å². The number of aliphatic carboxylic acids is 1. The molecule has 146 valence electrons. The standard InChI is InChI=1S/C22H28O5/c1-2-3-7-12-19(23)14-10-6-11-15-20(24)13-8-4-5-9-16-21(25)17-18-22(26)27/h3-5,7-8,10,13-14,19-21,23-25H,2,12,15,17-18H2,1H3,(H,26,27)/b5-4+,7-3-,13-8+,14-10+/t19-,20-,21+/m0/s1. The summed E-state index contributed by atoms with van der Waals surface area (Å²) in [5.41, 5.74) is 0. The van der Waals surface area contributed by atoms with Crippen LogP contribution in [0.2, 0.25) is 0 Å². The summed E-state index contributed by atoms with van der Waals surface area (Å²) in [6, 6.07) is 0. The Labute approximate surface area is 161 Å². The molecule has 0 aliphatic rings. The lowest BCUT2D eigenvalue weighted by atomic mass is 10.2. The van der Waals surface area contributed by atoms with E-state index in [0.29, 0.717) is 6.42 Å². The highest BCUT2D eigenvalue weighted by molar-refractivity contribution is 5.66. The van der Waals surface area contributed by atoms with Gasteiger partial charge in [0.15, 0.2) is 0 Å². The molecule has 0 aliphatic heterocycles. The van der Waals surface area contributed by atoms with Crippen molar-refractivity contribution in [1.29, 1.82) is 0 Å². The second kappa shape index (κ2) is 16.9. The molecule has 5 heteroatoms. The van der Waals surface area contributed by atoms with Crippen molar-refractivity contribution < 1.29 is 25.2 Å². The first kappa shape index (κ1) is 24.4. The molecule has 0 aromatic heterocycles. The van der Waals surface area contributed by atoms with Crippen LogP contribution in [0.4, 0.5) is 0 Å². The van der Waals surface area contributed by atoms with Gasteiger partial charge >= 0.3 is 5.97 Å². The predicted molar refractivity (Wildman–Crippen MR) is 107 cm³/mol. The summed E-state index contributed by atoms with van der Waals surface area (Å²) in [4.78, 5) is 10.3. The van der Waals surface area contributed by atoms with E-state index in [2.05, 4.69) is 23.7 Å². The van der Waals surface area contributed by atoms with E-state index in [1.165, 1.54) is 6.08 Å². The van der Waals surface area contributed by atoms with Crippen molar-refractivity contribution in [2.75, 3.05) is 0 Å². The molecule has 0 heterocycles. The number of carbonyl (C=O) groups is 1. The number of allylic oxidation sites excluding steroid dienone is 5. The number of carboxylic acid groups (broad SMARTS) is 1. The van der Waals surface area contributed by atoms with Gasteiger partial charge in [-0.05, 0) is 37.5 Å². The van der Waals surface area contributed by atoms with Crippen molar-refractivity contribution in [3.8, 4) is 23.7 Å². The topological polar surface area (TPSA) is 98.0 Å². The average molecular weight is 372 g/mol. The van der Waals surface area contributed by atoms with Gasteiger partial charge in [-0.1, -0.05) is 61.0 Å². The van der Waals surface area contributed by atoms with Gasteiger partial charge in [0, 0.05) is 12.8 Å². The summed E-state index contributed by atoms with van der Waals surface area (Å²) >= 11 is 0. The second-order valence-electron chi connectivity index (χ2n) is 5.62. The molecule has 0 spiro atoms. The number of hydrogen-bond donors (Lipinski definition) is 4. The minimum atomic E-state index is -0.970. The lowest BCUT2D eigenvalue weighted by Gasteiger charge is -1.98. The Bertz CT molecular complexity index is 650. The molecule has 0 fully saturated rings. The zero-order valence-electron chi connectivity index (χ0n) is 15.6. The van der Waals surface area contributed by atoms with E-state index in [1.54, 1.807) is 30.4 Å². The maximum Gasteiger partial charge on any atom is 0.303 e. The summed E-state index contributed by atoms with van der Waals surface area (Å²) in [5, 5.41) is 37.2. The van der Waals surface area contributed by atoms with Crippen LogP contribution in [0.25, 0.3) is 0 Å². The van der Waals surface area contributed by atoms with Gasteiger partial charge in [-0.2, -0.15) is 0 Å². The van der Waals surface area contributed by atoms with Gasteiger partial charge in [-0.15, -0.1) is 0 Å². The maximum atomic E-state index is 10.3. The number of carboxylic acids is 1. The van der Waals surface area contributed by atoms with Crippen LogP contribution in [-0.4, -0.2) is 44.7 Å². The third-order valence-electron chi connectivity index (χ3n) is 3.10. The quantitative estimate of drug-likeness (QED) is 0.268. The van der Waals surface area contributed by atoms with Crippen LogP contribution in [0, 0.1) is 23.7 Å². The molecular formula is C22H28O5. The highest BCUT2D eigenvalue weighted by atomic mass is 16.4. The summed E-state index contributed by atoms with van der Waals surface area (Å²) in [7, 11) is 0. The Morgan fingerprint density at radius 3 is 2.48 bits per heavy atom. The molecule has 4 N–H and O–H groups in total. The van der Waals surface area contributed by atoms with Gasteiger partial charge in [0.1, 0.15) is 6.10 Å². The van der Waals surface area contributed by atoms with E-state index in [1.807, 2.05) is 19.1 Å². The van der Waals surface area contributed by atoms with Crippen molar-refractivity contribution in [1.82, 2.24) is 0 Å². The third-order valence-corrected chi connectivity index (χ3v) is 3.10. The second-order valence-corrected chi connectivity index (χ2v) is 5.62. The van der Waals surface area contributed by atoms with E-state index >= 15 is 0 Å². The van der Waals surface area contributed by atoms with Crippen LogP contribution in [-0.2, 0) is 4.79 Å². The molecule has 0 rings (SSSR count). The zero-order valence-corrected chi connectivity index (χ0v) is 15.6. The van der Waals surface area contributed by atoms with Crippen LogP contribution in [0.5, 0.6) is 0 Å². The third kappa shape index (κ3) is 18.0. The van der Waals surface area contributed by atoms with Crippen LogP contribution in [0.15, 0.2) is 48.6 Å². The van der Waals surface area contributed by atoms with E-state index in [9.17, 15) is 20.1 Å². The van der Waals surface area contributed by atoms with E-state index in [-0.39, 0.29) is 19.3 Å². The molecule has 0 saturated carbocycles. The van der Waals surface area contributed by atoms with Crippen LogP contribution in [0.1, 0.15) is 39.0 Å². The van der Waals surface area contributed by atoms with Crippen molar-refractivity contribution >= 4 is 5.97 Å². The fraction of sp³-hybridized carbons (Fsp3) is 0.409. The Morgan fingerprint density at radius 1 is 1.00 bits per heavy atom. The monoisotopic (exact) mass is 372 g/mol. The lowest BCUT2D eigenvalue weighted by molar-refractivity contribution is -0.137. The predicted octanol–water partition coefficient (Wildman–Crippen LogP) is 2.36. The van der Waals surface area contributed by atoms with Gasteiger partial charge in [0.2, 0.25) is 0 Å². The summed E-state index contributed by atoms with van der Waals surface area (Å²) in [6.07, 6.45) is 12.9. The number of aliphatic hydroxyl groups is 3. The van der Waals surface area contributed by atoms with Gasteiger partial charge < -0.3 is 20.4 Å². The van der Waals surface area contributed by atoms with Crippen LogP contribution >= 0.6 is 0 Å². The maximum absolute atomic E-state index is 10.3. The first-order valence-corrected chi connectivity index (χ1v) is 8.86. The van der Waals surface area contributed by atoms with Crippen LogP contribution in [0.3, 0.4) is 0 Å². The summed E-state index contributed by atoms with van der Waals surface area (Å²) in [5.74, 6) is 9.69. The molecule has 5 nitrogen and oxygen atoms in total. The molecule has 0 unspecified atom stereocenters. The van der Waals surface area contributed by atoms with Crippen LogP contribution < -0.4 is 0 Å². The lowest BCUT2D eigenvalue weighted by Crippen LogP contribution is -2.06. The largest absolute Gasteiger partial charge is 0.481 e. The van der Waals surface area contributed by atoms with Gasteiger partial charge in [-0.25, -0.2) is 0 Å². The zero-order chi connectivity index (χ0) is 20.3. The Morgan fingerprint density at radius 2 is 1.78 bits per heavy atom. The fourth-order valence-corrected chi connectivity index (χ4v) is 1.70. The van der Waals surface area contributed by atoms with Crippen molar-refractivity contribution in [3.63, 3.8) is 0 Å². The molecular weight excluding hydrogens is 344 g/mol. The highest BCUT2D eigenvalue weighted by Crippen LogP contribution is 1.97. The molecule has 0 aromatic carbocycles. The summed E-state index contributed by atoms with van der Waals surface area (Å²) in [6.45, 7) is 2.03. The van der Waals surface area contributed by atoms with Gasteiger partial charge in [0.05, 0.1) is 12.2 Å². The van der Waals surface area contributed by atoms with E-state index in [4.69, 9.17) is 5.11 Å². The van der Waals surface area contributed by atoms with Crippen molar-refractivity contribution in [3.05, 3.63) is 48.6 Å². The molecule has 0 amide bonds. The normalized spacial score (nSPS) is 14.8. The molecule has 0 saturated heterocycles. The molecule has 3 atom stereocenters. The fourth-order valence-electron chi connectivity index (χ4n) is 1.70. The average Bonchev–Trinajstić information content (AvgIpc) is 2.62. The molecule has 0 aliphatic carbocycles. The molecule has 0 bridgehead atoms. The van der Waals surface area contributed by atoms with Gasteiger partial charge in [0.25, 0.3) is 0 Å². The minimum Gasteiger partial charge on any atom is -0.481 e. The number of rotatable bonds is 10. The first-order chi connectivity index (χ1) is 13.0. The minimum absolute atomic E-state index is 0.0876. The molecule has 0 aromatic rings.